The Balaban J connectivity index is 1.54. The number of fused-ring (bicyclic) bond motifs is 1. The highest BCUT2D eigenvalue weighted by Gasteiger charge is 2.27. The molecular weight excluding hydrogens is 324 g/mol. The summed E-state index contributed by atoms with van der Waals surface area (Å²) in [6.45, 7) is 7.82. The Hall–Kier alpha value is -2.07. The number of carbonyl (C=O) groups excluding carboxylic acids is 1. The first-order chi connectivity index (χ1) is 12.4. The van der Waals surface area contributed by atoms with Gasteiger partial charge in [0.15, 0.2) is 0 Å². The van der Waals surface area contributed by atoms with Crippen LogP contribution in [0.2, 0.25) is 0 Å². The summed E-state index contributed by atoms with van der Waals surface area (Å²) in [5.74, 6) is 1.16. The molecule has 2 heterocycles. The second kappa shape index (κ2) is 7.67. The van der Waals surface area contributed by atoms with Crippen molar-refractivity contribution in [3.05, 3.63) is 58.5 Å². The van der Waals surface area contributed by atoms with Crippen LogP contribution in [0.3, 0.4) is 0 Å². The maximum atomic E-state index is 12.8. The lowest BCUT2D eigenvalue weighted by atomic mass is 9.89. The van der Waals surface area contributed by atoms with Crippen LogP contribution in [0.15, 0.2) is 34.9 Å². The molecule has 1 aromatic carbocycles. The molecule has 1 aliphatic rings. The third-order valence-corrected chi connectivity index (χ3v) is 5.72. The average Bonchev–Trinajstić information content (AvgIpc) is 3.11. The first-order valence-electron chi connectivity index (χ1n) is 9.57. The highest BCUT2D eigenvalue weighted by atomic mass is 16.3. The Morgan fingerprint density at radius 2 is 2.04 bits per heavy atom. The van der Waals surface area contributed by atoms with Gasteiger partial charge in [0, 0.05) is 30.6 Å². The summed E-state index contributed by atoms with van der Waals surface area (Å²) >= 11 is 0. The number of aryl methyl sites for hydroxylation is 2. The van der Waals surface area contributed by atoms with E-state index in [1.807, 2.05) is 23.1 Å². The van der Waals surface area contributed by atoms with Crippen molar-refractivity contribution in [3.63, 3.8) is 0 Å². The maximum Gasteiger partial charge on any atom is 0.254 e. The van der Waals surface area contributed by atoms with E-state index in [4.69, 9.17) is 10.2 Å². The van der Waals surface area contributed by atoms with E-state index in [2.05, 4.69) is 26.8 Å². The second-order valence-electron chi connectivity index (χ2n) is 7.91. The van der Waals surface area contributed by atoms with Crippen molar-refractivity contribution in [1.29, 1.82) is 0 Å². The number of rotatable bonds is 7. The summed E-state index contributed by atoms with van der Waals surface area (Å²) in [7, 11) is 0. The topological polar surface area (TPSA) is 59.5 Å². The van der Waals surface area contributed by atoms with E-state index < -0.39 is 0 Å². The summed E-state index contributed by atoms with van der Waals surface area (Å²) in [5.41, 5.74) is 10.8. The van der Waals surface area contributed by atoms with Crippen LogP contribution in [0.4, 0.5) is 0 Å². The van der Waals surface area contributed by atoms with Gasteiger partial charge < -0.3 is 15.1 Å². The van der Waals surface area contributed by atoms with Crippen molar-refractivity contribution >= 4 is 5.91 Å². The van der Waals surface area contributed by atoms with Gasteiger partial charge in [-0.2, -0.15) is 0 Å². The third kappa shape index (κ3) is 4.18. The molecule has 0 saturated carbocycles. The van der Waals surface area contributed by atoms with Crippen LogP contribution >= 0.6 is 0 Å². The number of carbonyl (C=O) groups is 1. The van der Waals surface area contributed by atoms with Crippen molar-refractivity contribution in [1.82, 2.24) is 4.90 Å². The highest BCUT2D eigenvalue weighted by molar-refractivity contribution is 5.97. The van der Waals surface area contributed by atoms with Crippen molar-refractivity contribution in [3.8, 4) is 0 Å². The van der Waals surface area contributed by atoms with Crippen LogP contribution in [0.1, 0.15) is 59.0 Å². The summed E-state index contributed by atoms with van der Waals surface area (Å²) in [6, 6.07) is 7.95. The molecule has 0 radical (unpaired) electrons. The molecule has 4 heteroatoms. The maximum absolute atomic E-state index is 12.8. The number of nitrogens with zero attached hydrogens (tertiary/aromatic N) is 1. The summed E-state index contributed by atoms with van der Waals surface area (Å²) in [6.07, 6.45) is 6.29. The molecular formula is C22H30N2O2. The van der Waals surface area contributed by atoms with E-state index >= 15 is 0 Å². The van der Waals surface area contributed by atoms with Crippen molar-refractivity contribution in [2.75, 3.05) is 13.1 Å². The van der Waals surface area contributed by atoms with Crippen molar-refractivity contribution < 1.29 is 9.21 Å². The largest absolute Gasteiger partial charge is 0.469 e. The minimum absolute atomic E-state index is 0.153. The van der Waals surface area contributed by atoms with Crippen molar-refractivity contribution in [2.45, 2.75) is 58.4 Å². The van der Waals surface area contributed by atoms with Gasteiger partial charge >= 0.3 is 0 Å². The summed E-state index contributed by atoms with van der Waals surface area (Å²) in [4.78, 5) is 14.8. The van der Waals surface area contributed by atoms with Gasteiger partial charge in [0.1, 0.15) is 5.76 Å². The molecule has 3 rings (SSSR count). The quantitative estimate of drug-likeness (QED) is 0.817. The van der Waals surface area contributed by atoms with Gasteiger partial charge in [-0.1, -0.05) is 6.07 Å². The van der Waals surface area contributed by atoms with E-state index in [1.54, 1.807) is 6.26 Å². The van der Waals surface area contributed by atoms with Gasteiger partial charge in [0.05, 0.1) is 6.26 Å². The van der Waals surface area contributed by atoms with Gasteiger partial charge in [-0.3, -0.25) is 4.79 Å². The molecule has 1 unspecified atom stereocenters. The molecule has 140 valence electrons. The van der Waals surface area contributed by atoms with E-state index in [1.165, 1.54) is 16.7 Å². The molecule has 0 saturated heterocycles. The van der Waals surface area contributed by atoms with Gasteiger partial charge in [-0.15, -0.1) is 0 Å². The molecule has 0 aliphatic carbocycles. The smallest absolute Gasteiger partial charge is 0.254 e. The number of benzene rings is 1. The minimum atomic E-state index is -0.268. The fraction of sp³-hybridized carbons (Fsp3) is 0.500. The van der Waals surface area contributed by atoms with Gasteiger partial charge in [-0.25, -0.2) is 0 Å². The number of nitrogens with two attached hydrogens (primary N) is 1. The highest BCUT2D eigenvalue weighted by Crippen LogP contribution is 2.25. The third-order valence-electron chi connectivity index (χ3n) is 5.72. The summed E-state index contributed by atoms with van der Waals surface area (Å²) < 4.78 is 5.38. The molecule has 26 heavy (non-hydrogen) atoms. The van der Waals surface area contributed by atoms with Crippen LogP contribution < -0.4 is 5.73 Å². The first-order valence-corrected chi connectivity index (χ1v) is 9.57. The lowest BCUT2D eigenvalue weighted by molar-refractivity contribution is 0.0726. The predicted octanol–water partition coefficient (Wildman–Crippen LogP) is 4.03. The van der Waals surface area contributed by atoms with E-state index in [-0.39, 0.29) is 11.4 Å². The van der Waals surface area contributed by atoms with Crippen LogP contribution in [0, 0.1) is 13.8 Å². The number of hydrogen-bond donors (Lipinski definition) is 1. The Morgan fingerprint density at radius 3 is 2.77 bits per heavy atom. The van der Waals surface area contributed by atoms with Crippen LogP contribution in [0.25, 0.3) is 0 Å². The number of furan rings is 1. The van der Waals surface area contributed by atoms with Crippen LogP contribution in [-0.2, 0) is 12.8 Å². The molecule has 0 spiro atoms. The standard InChI is InChI=1S/C22H30N2O2/c1-16-8-9-20-19(17(16)2)10-13-24(21(20)25)14-12-22(3,23)11-4-6-18-7-5-15-26-18/h5,7-9,15H,4,6,10-14,23H2,1-3H3. The van der Waals surface area contributed by atoms with E-state index in [9.17, 15) is 4.79 Å². The molecule has 0 fully saturated rings. The molecule has 2 N–H and O–H groups in total. The monoisotopic (exact) mass is 354 g/mol. The molecule has 1 atom stereocenters. The van der Waals surface area contributed by atoms with Gasteiger partial charge in [0.2, 0.25) is 0 Å². The Labute approximate surface area is 156 Å². The normalized spacial score (nSPS) is 16.5. The molecule has 4 nitrogen and oxygen atoms in total. The van der Waals surface area contributed by atoms with Crippen molar-refractivity contribution in [2.24, 2.45) is 5.73 Å². The van der Waals surface area contributed by atoms with E-state index in [0.29, 0.717) is 0 Å². The Bertz CT molecular complexity index is 763. The molecule has 2 aromatic rings. The zero-order valence-electron chi connectivity index (χ0n) is 16.2. The average molecular weight is 354 g/mol. The minimum Gasteiger partial charge on any atom is -0.469 e. The molecule has 1 aliphatic heterocycles. The fourth-order valence-electron chi connectivity index (χ4n) is 3.77. The SMILES string of the molecule is Cc1ccc2c(c1C)CCN(CCC(C)(N)CCCc1ccco1)C2=O. The Morgan fingerprint density at radius 1 is 1.23 bits per heavy atom. The molecule has 1 aromatic heterocycles. The second-order valence-corrected chi connectivity index (χ2v) is 7.91. The lowest BCUT2D eigenvalue weighted by Gasteiger charge is -2.33. The van der Waals surface area contributed by atoms with Crippen LogP contribution in [-0.4, -0.2) is 29.4 Å². The zero-order chi connectivity index (χ0) is 18.7. The fourth-order valence-corrected chi connectivity index (χ4v) is 3.77. The lowest BCUT2D eigenvalue weighted by Crippen LogP contribution is -2.44. The number of amides is 1. The summed E-state index contributed by atoms with van der Waals surface area (Å²) in [5, 5.41) is 0. The zero-order valence-corrected chi connectivity index (χ0v) is 16.2. The molecule has 1 amide bonds. The molecule has 0 bridgehead atoms. The Kier molecular flexibility index (Phi) is 5.52. The number of hydrogen-bond acceptors (Lipinski definition) is 3. The van der Waals surface area contributed by atoms with Gasteiger partial charge in [-0.05, 0) is 81.3 Å². The van der Waals surface area contributed by atoms with Gasteiger partial charge in [0.25, 0.3) is 5.91 Å². The van der Waals surface area contributed by atoms with E-state index in [0.717, 1.165) is 56.5 Å². The first kappa shape index (κ1) is 18.7. The van der Waals surface area contributed by atoms with Crippen LogP contribution in [0.5, 0.6) is 0 Å². The predicted molar refractivity (Wildman–Crippen MR) is 104 cm³/mol.